The van der Waals surface area contributed by atoms with Crippen LogP contribution in [0.3, 0.4) is 0 Å². The van der Waals surface area contributed by atoms with Gasteiger partial charge in [0.15, 0.2) is 0 Å². The lowest BCUT2D eigenvalue weighted by Gasteiger charge is -2.38. The normalized spacial score (nSPS) is 35.1. The topological polar surface area (TPSA) is 0 Å². The van der Waals surface area contributed by atoms with Gasteiger partial charge in [0.25, 0.3) is 0 Å². The van der Waals surface area contributed by atoms with Crippen LogP contribution in [-0.2, 0) is 0 Å². The minimum absolute atomic E-state index is 0.946. The van der Waals surface area contributed by atoms with E-state index >= 15 is 0 Å². The Hall–Kier alpha value is 0.430. The van der Waals surface area contributed by atoms with E-state index in [1.807, 2.05) is 0 Å². The first kappa shape index (κ1) is 8.53. The Balaban J connectivity index is 2.20. The van der Waals surface area contributed by atoms with E-state index in [-0.39, 0.29) is 0 Å². The van der Waals surface area contributed by atoms with Gasteiger partial charge in [-0.1, -0.05) is 26.7 Å². The lowest BCUT2D eigenvalue weighted by Crippen LogP contribution is -2.31. The summed E-state index contributed by atoms with van der Waals surface area (Å²) in [5.41, 5.74) is 0.946. The van der Waals surface area contributed by atoms with Gasteiger partial charge in [-0.25, -0.2) is 0 Å². The summed E-state index contributed by atoms with van der Waals surface area (Å²) in [6, 6.07) is 0. The summed E-state index contributed by atoms with van der Waals surface area (Å²) in [6.07, 6.45) is 5.71. The van der Waals surface area contributed by atoms with Crippen LogP contribution in [0.1, 0.15) is 39.5 Å². The zero-order valence-electron chi connectivity index (χ0n) is 7.14. The first-order valence-corrected chi connectivity index (χ1v) is 5.18. The van der Waals surface area contributed by atoms with Crippen LogP contribution in [0, 0.1) is 11.8 Å². The monoisotopic (exact) mass is 158 g/mol. The Labute approximate surface area is 67.0 Å². The summed E-state index contributed by atoms with van der Waals surface area (Å²) in [6.45, 7) is 4.69. The summed E-state index contributed by atoms with van der Waals surface area (Å²) in [7, 11) is 2.98. The van der Waals surface area contributed by atoms with Crippen LogP contribution in [-0.4, -0.2) is 5.66 Å². The summed E-state index contributed by atoms with van der Waals surface area (Å²) < 4.78 is 0. The average Bonchev–Trinajstić information content (AvgIpc) is 1.85. The molecule has 0 bridgehead atoms. The Kier molecular flexibility index (Phi) is 3.17. The SMILES string of the molecule is CCCC(C)C1CCC1P. The van der Waals surface area contributed by atoms with Crippen molar-refractivity contribution in [3.63, 3.8) is 0 Å². The first-order chi connectivity index (χ1) is 4.75. The molecule has 1 heteroatoms. The molecule has 0 saturated heterocycles. The zero-order valence-corrected chi connectivity index (χ0v) is 8.29. The maximum Gasteiger partial charge on any atom is -0.0233 e. The molecule has 1 fully saturated rings. The van der Waals surface area contributed by atoms with Crippen molar-refractivity contribution in [2.75, 3.05) is 0 Å². The van der Waals surface area contributed by atoms with Crippen LogP contribution >= 0.6 is 9.24 Å². The fourth-order valence-electron chi connectivity index (χ4n) is 1.93. The summed E-state index contributed by atoms with van der Waals surface area (Å²) in [4.78, 5) is 0. The second kappa shape index (κ2) is 3.72. The van der Waals surface area contributed by atoms with Crippen molar-refractivity contribution >= 4 is 9.24 Å². The quantitative estimate of drug-likeness (QED) is 0.554. The van der Waals surface area contributed by atoms with E-state index in [4.69, 9.17) is 0 Å². The first-order valence-electron chi connectivity index (χ1n) is 4.51. The molecule has 0 aromatic carbocycles. The van der Waals surface area contributed by atoms with Crippen LogP contribution < -0.4 is 0 Å². The summed E-state index contributed by atoms with van der Waals surface area (Å²) in [5, 5.41) is 0. The molecule has 0 heterocycles. The third-order valence-corrected chi connectivity index (χ3v) is 3.69. The van der Waals surface area contributed by atoms with Crippen LogP contribution in [0.25, 0.3) is 0 Å². The van der Waals surface area contributed by atoms with Crippen molar-refractivity contribution in [1.29, 1.82) is 0 Å². The van der Waals surface area contributed by atoms with Gasteiger partial charge in [-0.2, -0.15) is 0 Å². The van der Waals surface area contributed by atoms with E-state index in [1.165, 1.54) is 25.7 Å². The van der Waals surface area contributed by atoms with Gasteiger partial charge in [-0.05, 0) is 30.3 Å². The molecule has 0 nitrogen and oxygen atoms in total. The van der Waals surface area contributed by atoms with Gasteiger partial charge in [0.2, 0.25) is 0 Å². The summed E-state index contributed by atoms with van der Waals surface area (Å²) >= 11 is 0. The molecule has 1 rings (SSSR count). The largest absolute Gasteiger partial charge is 0.134 e. The van der Waals surface area contributed by atoms with Crippen molar-refractivity contribution < 1.29 is 0 Å². The predicted molar refractivity (Wildman–Crippen MR) is 50.3 cm³/mol. The van der Waals surface area contributed by atoms with Gasteiger partial charge in [0.1, 0.15) is 0 Å². The van der Waals surface area contributed by atoms with Gasteiger partial charge < -0.3 is 0 Å². The second-order valence-electron chi connectivity index (χ2n) is 3.67. The van der Waals surface area contributed by atoms with Gasteiger partial charge in [0, 0.05) is 0 Å². The van der Waals surface area contributed by atoms with E-state index in [2.05, 4.69) is 23.1 Å². The van der Waals surface area contributed by atoms with Crippen molar-refractivity contribution in [3.8, 4) is 0 Å². The molecule has 0 aromatic heterocycles. The summed E-state index contributed by atoms with van der Waals surface area (Å²) in [5.74, 6) is 2.01. The molecular formula is C9H19P. The Morgan fingerprint density at radius 3 is 2.50 bits per heavy atom. The third kappa shape index (κ3) is 1.72. The van der Waals surface area contributed by atoms with Crippen molar-refractivity contribution in [2.24, 2.45) is 11.8 Å². The predicted octanol–water partition coefficient (Wildman–Crippen LogP) is 3.08. The van der Waals surface area contributed by atoms with E-state index in [0.717, 1.165) is 17.5 Å². The highest BCUT2D eigenvalue weighted by molar-refractivity contribution is 7.17. The van der Waals surface area contributed by atoms with Crippen LogP contribution in [0.2, 0.25) is 0 Å². The molecule has 1 aliphatic carbocycles. The molecular weight excluding hydrogens is 139 g/mol. The van der Waals surface area contributed by atoms with Gasteiger partial charge in [-0.3, -0.25) is 0 Å². The van der Waals surface area contributed by atoms with Gasteiger partial charge >= 0.3 is 0 Å². The maximum absolute atomic E-state index is 2.98. The molecule has 60 valence electrons. The van der Waals surface area contributed by atoms with Crippen LogP contribution in [0.15, 0.2) is 0 Å². The lowest BCUT2D eigenvalue weighted by molar-refractivity contribution is 0.220. The van der Waals surface area contributed by atoms with Crippen LogP contribution in [0.4, 0.5) is 0 Å². The number of hydrogen-bond donors (Lipinski definition) is 0. The van der Waals surface area contributed by atoms with Gasteiger partial charge in [-0.15, -0.1) is 9.24 Å². The number of hydrogen-bond acceptors (Lipinski definition) is 0. The van der Waals surface area contributed by atoms with E-state index in [1.54, 1.807) is 0 Å². The highest BCUT2D eigenvalue weighted by Crippen LogP contribution is 2.40. The maximum atomic E-state index is 2.98. The minimum atomic E-state index is 0.946. The molecule has 0 radical (unpaired) electrons. The Bertz CT molecular complexity index is 101. The highest BCUT2D eigenvalue weighted by Gasteiger charge is 2.30. The lowest BCUT2D eigenvalue weighted by atomic mass is 9.74. The molecule has 4 atom stereocenters. The minimum Gasteiger partial charge on any atom is -0.134 e. The highest BCUT2D eigenvalue weighted by atomic mass is 31.0. The van der Waals surface area contributed by atoms with E-state index in [0.29, 0.717) is 0 Å². The molecule has 0 aromatic rings. The molecule has 0 N–H and O–H groups in total. The molecule has 0 amide bonds. The van der Waals surface area contributed by atoms with Gasteiger partial charge in [0.05, 0.1) is 0 Å². The van der Waals surface area contributed by atoms with E-state index in [9.17, 15) is 0 Å². The van der Waals surface area contributed by atoms with E-state index < -0.39 is 0 Å². The average molecular weight is 158 g/mol. The smallest absolute Gasteiger partial charge is 0.0233 e. The Morgan fingerprint density at radius 2 is 2.20 bits per heavy atom. The standard InChI is InChI=1S/C9H19P/c1-3-4-7(2)8-5-6-9(8)10/h7-9H,3-6,10H2,1-2H3. The second-order valence-corrected chi connectivity index (χ2v) is 4.53. The van der Waals surface area contributed by atoms with Crippen molar-refractivity contribution in [1.82, 2.24) is 0 Å². The molecule has 1 saturated carbocycles. The molecule has 0 aliphatic heterocycles. The molecule has 0 spiro atoms. The van der Waals surface area contributed by atoms with Crippen LogP contribution in [0.5, 0.6) is 0 Å². The van der Waals surface area contributed by atoms with Crippen molar-refractivity contribution in [3.05, 3.63) is 0 Å². The third-order valence-electron chi connectivity index (χ3n) is 2.86. The molecule has 1 aliphatic rings. The Morgan fingerprint density at radius 1 is 1.50 bits per heavy atom. The molecule has 10 heavy (non-hydrogen) atoms. The number of rotatable bonds is 3. The molecule has 4 unspecified atom stereocenters. The zero-order chi connectivity index (χ0) is 7.56. The van der Waals surface area contributed by atoms with Crippen molar-refractivity contribution in [2.45, 2.75) is 45.2 Å². The fraction of sp³-hybridized carbons (Fsp3) is 1.00. The fourth-order valence-corrected chi connectivity index (χ4v) is 2.69.